The Morgan fingerprint density at radius 2 is 2.10 bits per heavy atom. The van der Waals surface area contributed by atoms with E-state index in [2.05, 4.69) is 20.7 Å². The molecule has 0 saturated heterocycles. The Morgan fingerprint density at radius 3 is 2.70 bits per heavy atom. The maximum atomic E-state index is 13.2. The molecule has 0 unspecified atom stereocenters. The number of hydrogen-bond donors (Lipinski definition) is 2. The highest BCUT2D eigenvalue weighted by molar-refractivity contribution is 9.10. The average molecular weight is 363 g/mol. The van der Waals surface area contributed by atoms with Gasteiger partial charge in [-0.2, -0.15) is 0 Å². The van der Waals surface area contributed by atoms with Gasteiger partial charge < -0.3 is 9.67 Å². The van der Waals surface area contributed by atoms with E-state index in [1.54, 1.807) is 7.05 Å². The van der Waals surface area contributed by atoms with Gasteiger partial charge in [-0.05, 0) is 40.2 Å². The molecule has 1 aromatic carbocycles. The normalized spacial score (nSPS) is 11.6. The van der Waals surface area contributed by atoms with Gasteiger partial charge in [-0.25, -0.2) is 12.8 Å². The third-order valence-electron chi connectivity index (χ3n) is 2.73. The van der Waals surface area contributed by atoms with E-state index in [0.717, 1.165) is 6.07 Å². The van der Waals surface area contributed by atoms with Crippen LogP contribution in [0, 0.1) is 5.82 Å². The SMILES string of the molecule is Cn1cc(S(=O)(=O)Nc2cc(F)ccc2Br)cc1CO. The van der Waals surface area contributed by atoms with Crippen LogP contribution in [0.2, 0.25) is 0 Å². The summed E-state index contributed by atoms with van der Waals surface area (Å²) in [7, 11) is -2.22. The smallest absolute Gasteiger partial charge is 0.263 e. The summed E-state index contributed by atoms with van der Waals surface area (Å²) in [5, 5.41) is 9.07. The summed E-state index contributed by atoms with van der Waals surface area (Å²) in [6.45, 7) is -0.268. The summed E-state index contributed by atoms with van der Waals surface area (Å²) < 4.78 is 41.8. The van der Waals surface area contributed by atoms with Crippen LogP contribution in [0.4, 0.5) is 10.1 Å². The third kappa shape index (κ3) is 3.02. The van der Waals surface area contributed by atoms with Crippen molar-refractivity contribution in [1.82, 2.24) is 4.57 Å². The predicted octanol–water partition coefficient (Wildman–Crippen LogP) is 2.22. The van der Waals surface area contributed by atoms with Gasteiger partial charge in [-0.3, -0.25) is 4.72 Å². The van der Waals surface area contributed by atoms with Gasteiger partial charge in [0.2, 0.25) is 0 Å². The number of aromatic nitrogens is 1. The molecule has 0 aliphatic carbocycles. The van der Waals surface area contributed by atoms with E-state index < -0.39 is 15.8 Å². The van der Waals surface area contributed by atoms with Crippen molar-refractivity contribution in [2.75, 3.05) is 4.72 Å². The molecule has 0 amide bonds. The molecule has 1 aromatic heterocycles. The molecule has 8 heteroatoms. The van der Waals surface area contributed by atoms with E-state index in [-0.39, 0.29) is 17.2 Å². The molecule has 2 N–H and O–H groups in total. The van der Waals surface area contributed by atoms with E-state index in [1.807, 2.05) is 0 Å². The van der Waals surface area contributed by atoms with Crippen LogP contribution in [0.5, 0.6) is 0 Å². The second-order valence-corrected chi connectivity index (χ2v) is 6.70. The van der Waals surface area contributed by atoms with E-state index in [9.17, 15) is 12.8 Å². The molecule has 1 heterocycles. The number of nitrogens with one attached hydrogen (secondary N) is 1. The average Bonchev–Trinajstić information content (AvgIpc) is 2.76. The van der Waals surface area contributed by atoms with Crippen molar-refractivity contribution >= 4 is 31.6 Å². The van der Waals surface area contributed by atoms with Crippen molar-refractivity contribution in [2.24, 2.45) is 7.05 Å². The Balaban J connectivity index is 2.37. The molecule has 0 atom stereocenters. The first-order valence-electron chi connectivity index (χ1n) is 5.57. The van der Waals surface area contributed by atoms with Crippen molar-refractivity contribution in [3.05, 3.63) is 46.4 Å². The summed E-state index contributed by atoms with van der Waals surface area (Å²) in [6, 6.07) is 5.07. The number of anilines is 1. The highest BCUT2D eigenvalue weighted by Crippen LogP contribution is 2.26. The third-order valence-corrected chi connectivity index (χ3v) is 4.75. The van der Waals surface area contributed by atoms with Crippen LogP contribution in [0.3, 0.4) is 0 Å². The molecular formula is C12H12BrFN2O3S. The van der Waals surface area contributed by atoms with Crippen LogP contribution in [-0.2, 0) is 23.7 Å². The van der Waals surface area contributed by atoms with E-state index in [4.69, 9.17) is 5.11 Å². The number of hydrogen-bond acceptors (Lipinski definition) is 3. The molecule has 0 bridgehead atoms. The molecular weight excluding hydrogens is 351 g/mol. The fourth-order valence-corrected chi connectivity index (χ4v) is 3.30. The first kappa shape index (κ1) is 15.0. The molecule has 2 aromatic rings. The van der Waals surface area contributed by atoms with Gasteiger partial charge in [0.1, 0.15) is 10.7 Å². The van der Waals surface area contributed by atoms with Crippen molar-refractivity contribution in [3.8, 4) is 0 Å². The number of benzene rings is 1. The van der Waals surface area contributed by atoms with E-state index in [0.29, 0.717) is 10.2 Å². The fourth-order valence-electron chi connectivity index (χ4n) is 1.66. The Bertz CT molecular complexity index is 743. The van der Waals surface area contributed by atoms with E-state index in [1.165, 1.54) is 29.0 Å². The summed E-state index contributed by atoms with van der Waals surface area (Å²) in [5.74, 6) is -0.546. The number of rotatable bonds is 4. The van der Waals surface area contributed by atoms with Crippen LogP contribution < -0.4 is 4.72 Å². The summed E-state index contributed by atoms with van der Waals surface area (Å²) in [5.41, 5.74) is 0.572. The van der Waals surface area contributed by atoms with Crippen LogP contribution in [0.1, 0.15) is 5.69 Å². The molecule has 0 aliphatic rings. The topological polar surface area (TPSA) is 71.3 Å². The van der Waals surface area contributed by atoms with Gasteiger partial charge in [-0.15, -0.1) is 0 Å². The van der Waals surface area contributed by atoms with Crippen molar-refractivity contribution in [2.45, 2.75) is 11.5 Å². The molecule has 5 nitrogen and oxygen atoms in total. The largest absolute Gasteiger partial charge is 0.390 e. The zero-order chi connectivity index (χ0) is 14.9. The van der Waals surface area contributed by atoms with Gasteiger partial charge in [0.15, 0.2) is 0 Å². The lowest BCUT2D eigenvalue weighted by Crippen LogP contribution is -2.12. The fraction of sp³-hybridized carbons (Fsp3) is 0.167. The lowest BCUT2D eigenvalue weighted by molar-refractivity contribution is 0.272. The number of sulfonamides is 1. The maximum Gasteiger partial charge on any atom is 0.263 e. The first-order chi connectivity index (χ1) is 9.33. The standard InChI is InChI=1S/C12H12BrFN2O3S/c1-16-6-10(5-9(16)7-17)20(18,19)15-12-4-8(14)2-3-11(12)13/h2-6,15,17H,7H2,1H3. The Labute approximate surface area is 124 Å². The summed E-state index contributed by atoms with van der Waals surface area (Å²) in [6.07, 6.45) is 1.38. The maximum absolute atomic E-state index is 13.2. The van der Waals surface area contributed by atoms with Gasteiger partial charge in [0.25, 0.3) is 10.0 Å². The van der Waals surface area contributed by atoms with Crippen LogP contribution >= 0.6 is 15.9 Å². The molecule has 2 rings (SSSR count). The highest BCUT2D eigenvalue weighted by Gasteiger charge is 2.19. The molecule has 0 spiro atoms. The minimum absolute atomic E-state index is 0.000196. The Kier molecular flexibility index (Phi) is 4.17. The van der Waals surface area contributed by atoms with Crippen LogP contribution in [0.15, 0.2) is 39.8 Å². The second-order valence-electron chi connectivity index (χ2n) is 4.17. The quantitative estimate of drug-likeness (QED) is 0.875. The van der Waals surface area contributed by atoms with E-state index >= 15 is 0 Å². The lowest BCUT2D eigenvalue weighted by atomic mass is 10.3. The predicted molar refractivity (Wildman–Crippen MR) is 76.2 cm³/mol. The van der Waals surface area contributed by atoms with Crippen molar-refractivity contribution in [1.29, 1.82) is 0 Å². The number of nitrogens with zero attached hydrogens (tertiary/aromatic N) is 1. The summed E-state index contributed by atoms with van der Waals surface area (Å²) in [4.78, 5) is 0.000196. The minimum atomic E-state index is -3.84. The number of halogens is 2. The zero-order valence-corrected chi connectivity index (χ0v) is 12.9. The Hall–Kier alpha value is -1.38. The number of aliphatic hydroxyl groups is 1. The molecule has 108 valence electrons. The molecule has 0 aliphatic heterocycles. The lowest BCUT2D eigenvalue weighted by Gasteiger charge is -2.08. The molecule has 20 heavy (non-hydrogen) atoms. The summed E-state index contributed by atoms with van der Waals surface area (Å²) >= 11 is 3.15. The van der Waals surface area contributed by atoms with Crippen LogP contribution in [-0.4, -0.2) is 18.1 Å². The van der Waals surface area contributed by atoms with Gasteiger partial charge in [0.05, 0.1) is 12.3 Å². The van der Waals surface area contributed by atoms with Gasteiger partial charge in [-0.1, -0.05) is 0 Å². The first-order valence-corrected chi connectivity index (χ1v) is 7.85. The Morgan fingerprint density at radius 1 is 1.40 bits per heavy atom. The van der Waals surface area contributed by atoms with Gasteiger partial charge >= 0.3 is 0 Å². The molecule has 0 fully saturated rings. The zero-order valence-electron chi connectivity index (χ0n) is 10.5. The van der Waals surface area contributed by atoms with Crippen molar-refractivity contribution in [3.63, 3.8) is 0 Å². The van der Waals surface area contributed by atoms with Gasteiger partial charge in [0, 0.05) is 23.4 Å². The van der Waals surface area contributed by atoms with Crippen LogP contribution in [0.25, 0.3) is 0 Å². The molecule has 0 saturated carbocycles. The number of aryl methyl sites for hydroxylation is 1. The second kappa shape index (κ2) is 5.55. The van der Waals surface area contributed by atoms with Crippen molar-refractivity contribution < 1.29 is 17.9 Å². The monoisotopic (exact) mass is 362 g/mol. The number of aliphatic hydroxyl groups excluding tert-OH is 1. The minimum Gasteiger partial charge on any atom is -0.390 e. The highest BCUT2D eigenvalue weighted by atomic mass is 79.9. The molecule has 0 radical (unpaired) electrons.